The van der Waals surface area contributed by atoms with E-state index in [-0.39, 0.29) is 17.7 Å². The topological polar surface area (TPSA) is 69.1 Å². The average molecular weight is 186 g/mol. The summed E-state index contributed by atoms with van der Waals surface area (Å²) >= 11 is 0. The molecule has 13 heavy (non-hydrogen) atoms. The van der Waals surface area contributed by atoms with Crippen LogP contribution in [-0.4, -0.2) is 18.9 Å². The molecule has 0 aromatic heterocycles. The molecule has 0 aliphatic rings. The molecule has 3 nitrogen and oxygen atoms in total. The molecule has 3 heteroatoms. The van der Waals surface area contributed by atoms with Crippen LogP contribution in [0.5, 0.6) is 0 Å². The fourth-order valence-electron chi connectivity index (χ4n) is 1.30. The van der Waals surface area contributed by atoms with Gasteiger partial charge in [0.2, 0.25) is 0 Å². The van der Waals surface area contributed by atoms with Crippen LogP contribution in [0.2, 0.25) is 0 Å². The molecule has 0 bridgehead atoms. The Balaban J connectivity index is 3.69. The predicted octanol–water partition coefficient (Wildman–Crippen LogP) is 1.06. The van der Waals surface area contributed by atoms with Gasteiger partial charge < -0.3 is 11.5 Å². The summed E-state index contributed by atoms with van der Waals surface area (Å²) in [6, 6.07) is 0. The molecular formula is C10H22N2O. The van der Waals surface area contributed by atoms with E-state index in [4.69, 9.17) is 11.5 Å². The summed E-state index contributed by atoms with van der Waals surface area (Å²) in [5.41, 5.74) is 10.4. The molecule has 4 N–H and O–H groups in total. The number of ketones is 1. The van der Waals surface area contributed by atoms with Crippen LogP contribution in [0.4, 0.5) is 0 Å². The van der Waals surface area contributed by atoms with Crippen LogP contribution >= 0.6 is 0 Å². The van der Waals surface area contributed by atoms with E-state index < -0.39 is 0 Å². The second-order valence-corrected chi connectivity index (χ2v) is 4.11. The van der Waals surface area contributed by atoms with Gasteiger partial charge in [-0.25, -0.2) is 0 Å². The highest BCUT2D eigenvalue weighted by Crippen LogP contribution is 2.24. The Labute approximate surface area is 80.9 Å². The van der Waals surface area contributed by atoms with Crippen LogP contribution in [0.25, 0.3) is 0 Å². The third-order valence-corrected chi connectivity index (χ3v) is 2.45. The summed E-state index contributed by atoms with van der Waals surface area (Å²) in [4.78, 5) is 11.3. The van der Waals surface area contributed by atoms with Crippen molar-refractivity contribution in [3.8, 4) is 0 Å². The third kappa shape index (κ3) is 5.01. The number of carbonyl (C=O) groups is 1. The predicted molar refractivity (Wildman–Crippen MR) is 55.4 cm³/mol. The molecule has 0 aliphatic carbocycles. The average Bonchev–Trinajstić information content (AvgIpc) is 2.11. The molecule has 0 radical (unpaired) electrons. The first kappa shape index (κ1) is 12.6. The normalized spacial score (nSPS) is 11.7. The molecule has 0 aromatic carbocycles. The summed E-state index contributed by atoms with van der Waals surface area (Å²) in [5.74, 6) is 0.153. The quantitative estimate of drug-likeness (QED) is 0.584. The Bertz CT molecular complexity index is 155. The van der Waals surface area contributed by atoms with Gasteiger partial charge in [0.15, 0.2) is 5.78 Å². The first-order chi connectivity index (χ1) is 6.04. The molecule has 0 atom stereocenters. The van der Waals surface area contributed by atoms with Crippen LogP contribution in [0.1, 0.15) is 39.5 Å². The van der Waals surface area contributed by atoms with Crippen molar-refractivity contribution in [1.82, 2.24) is 0 Å². The summed E-state index contributed by atoms with van der Waals surface area (Å²) in [7, 11) is 0. The lowest BCUT2D eigenvalue weighted by Gasteiger charge is -2.21. The molecule has 0 saturated carbocycles. The number of nitrogens with two attached hydrogens (primary N) is 2. The van der Waals surface area contributed by atoms with E-state index in [0.29, 0.717) is 0 Å². The molecule has 0 saturated heterocycles. The van der Waals surface area contributed by atoms with Gasteiger partial charge in [-0.3, -0.25) is 4.79 Å². The number of hydrogen-bond acceptors (Lipinski definition) is 3. The Morgan fingerprint density at radius 1 is 1.15 bits per heavy atom. The van der Waals surface area contributed by atoms with Gasteiger partial charge in [0.25, 0.3) is 0 Å². The van der Waals surface area contributed by atoms with E-state index in [1.165, 1.54) is 0 Å². The van der Waals surface area contributed by atoms with E-state index in [0.717, 1.165) is 32.2 Å². The molecule has 0 fully saturated rings. The zero-order chi connectivity index (χ0) is 10.3. The molecular weight excluding hydrogens is 164 g/mol. The van der Waals surface area contributed by atoms with Crippen molar-refractivity contribution in [3.05, 3.63) is 0 Å². The Kier molecular flexibility index (Phi) is 5.91. The molecule has 0 amide bonds. The minimum absolute atomic E-state index is 0.153. The third-order valence-electron chi connectivity index (χ3n) is 2.45. The van der Waals surface area contributed by atoms with Crippen LogP contribution in [0, 0.1) is 5.41 Å². The summed E-state index contributed by atoms with van der Waals surface area (Å²) in [6.07, 6.45) is 4.14. The second-order valence-electron chi connectivity index (χ2n) is 4.11. The van der Waals surface area contributed by atoms with Gasteiger partial charge in [-0.05, 0) is 19.4 Å². The maximum absolute atomic E-state index is 11.3. The molecule has 0 unspecified atom stereocenters. The smallest absolute Gasteiger partial charge is 0.151 e. The van der Waals surface area contributed by atoms with Gasteiger partial charge >= 0.3 is 0 Å². The van der Waals surface area contributed by atoms with Crippen LogP contribution in [-0.2, 0) is 4.79 Å². The van der Waals surface area contributed by atoms with Crippen molar-refractivity contribution in [2.45, 2.75) is 39.5 Å². The number of unbranched alkanes of at least 4 members (excludes halogenated alkanes) is 2. The number of hydrogen-bond donors (Lipinski definition) is 2. The lowest BCUT2D eigenvalue weighted by molar-refractivity contribution is -0.126. The lowest BCUT2D eigenvalue weighted by atomic mass is 9.82. The van der Waals surface area contributed by atoms with Crippen molar-refractivity contribution in [1.29, 1.82) is 0 Å². The van der Waals surface area contributed by atoms with Gasteiger partial charge in [-0.15, -0.1) is 0 Å². The van der Waals surface area contributed by atoms with Gasteiger partial charge in [-0.1, -0.05) is 26.7 Å². The van der Waals surface area contributed by atoms with E-state index in [1.54, 1.807) is 0 Å². The highest BCUT2D eigenvalue weighted by Gasteiger charge is 2.24. The van der Waals surface area contributed by atoms with Crippen molar-refractivity contribution in [3.63, 3.8) is 0 Å². The lowest BCUT2D eigenvalue weighted by Crippen LogP contribution is -2.30. The SMILES string of the molecule is CC(C)(CCCCCN)C(=O)CN. The largest absolute Gasteiger partial charge is 0.330 e. The van der Waals surface area contributed by atoms with Crippen molar-refractivity contribution < 1.29 is 4.79 Å². The highest BCUT2D eigenvalue weighted by atomic mass is 16.1. The molecule has 78 valence electrons. The minimum Gasteiger partial charge on any atom is -0.330 e. The standard InChI is InChI=1S/C10H22N2O/c1-10(2,9(13)8-12)6-4-3-5-7-11/h3-8,11-12H2,1-2H3. The maximum atomic E-state index is 11.3. The molecule has 0 rings (SSSR count). The van der Waals surface area contributed by atoms with Gasteiger partial charge in [0, 0.05) is 5.41 Å². The fraction of sp³-hybridized carbons (Fsp3) is 0.900. The maximum Gasteiger partial charge on any atom is 0.151 e. The minimum atomic E-state index is -0.247. The van der Waals surface area contributed by atoms with Gasteiger partial charge in [0.1, 0.15) is 0 Å². The zero-order valence-electron chi connectivity index (χ0n) is 8.81. The van der Waals surface area contributed by atoms with E-state index in [1.807, 2.05) is 13.8 Å². The Morgan fingerprint density at radius 3 is 2.23 bits per heavy atom. The summed E-state index contributed by atoms with van der Waals surface area (Å²) < 4.78 is 0. The number of rotatable bonds is 7. The van der Waals surface area contributed by atoms with Gasteiger partial charge in [-0.2, -0.15) is 0 Å². The number of Topliss-reactive ketones (excluding diaryl/α,β-unsaturated/α-hetero) is 1. The van der Waals surface area contributed by atoms with E-state index in [2.05, 4.69) is 0 Å². The van der Waals surface area contributed by atoms with Crippen molar-refractivity contribution in [2.24, 2.45) is 16.9 Å². The summed E-state index contributed by atoms with van der Waals surface area (Å²) in [6.45, 7) is 4.82. The second kappa shape index (κ2) is 6.11. The zero-order valence-corrected chi connectivity index (χ0v) is 8.81. The van der Waals surface area contributed by atoms with E-state index in [9.17, 15) is 4.79 Å². The Morgan fingerprint density at radius 2 is 1.77 bits per heavy atom. The first-order valence-corrected chi connectivity index (χ1v) is 4.98. The molecule has 0 spiro atoms. The van der Waals surface area contributed by atoms with E-state index >= 15 is 0 Å². The van der Waals surface area contributed by atoms with Gasteiger partial charge in [0.05, 0.1) is 6.54 Å². The molecule has 0 heterocycles. The summed E-state index contributed by atoms with van der Waals surface area (Å²) in [5, 5.41) is 0. The van der Waals surface area contributed by atoms with Crippen LogP contribution in [0.3, 0.4) is 0 Å². The molecule has 0 aliphatic heterocycles. The number of carbonyl (C=O) groups excluding carboxylic acids is 1. The monoisotopic (exact) mass is 186 g/mol. The Hall–Kier alpha value is -0.410. The van der Waals surface area contributed by atoms with Crippen LogP contribution in [0.15, 0.2) is 0 Å². The highest BCUT2D eigenvalue weighted by molar-refractivity contribution is 5.85. The van der Waals surface area contributed by atoms with Crippen molar-refractivity contribution in [2.75, 3.05) is 13.1 Å². The fourth-order valence-corrected chi connectivity index (χ4v) is 1.30. The first-order valence-electron chi connectivity index (χ1n) is 4.98. The molecule has 0 aromatic rings. The van der Waals surface area contributed by atoms with Crippen LogP contribution < -0.4 is 11.5 Å². The van der Waals surface area contributed by atoms with Crippen molar-refractivity contribution >= 4 is 5.78 Å².